The second-order valence-electron chi connectivity index (χ2n) is 4.17. The number of nitrogens with zero attached hydrogens (tertiary/aromatic N) is 1. The van der Waals surface area contributed by atoms with Gasteiger partial charge in [0.1, 0.15) is 5.82 Å². The zero-order valence-corrected chi connectivity index (χ0v) is 12.6. The molecular weight excluding hydrogens is 309 g/mol. The summed E-state index contributed by atoms with van der Waals surface area (Å²) >= 11 is 11.0. The molecule has 0 heterocycles. The Balaban J connectivity index is 1.85. The fourth-order valence-corrected chi connectivity index (χ4v) is 1.94. The van der Waals surface area contributed by atoms with Gasteiger partial charge in [-0.2, -0.15) is 5.10 Å². The van der Waals surface area contributed by atoms with Crippen LogP contribution in [0.1, 0.15) is 11.1 Å². The van der Waals surface area contributed by atoms with E-state index in [-0.39, 0.29) is 5.56 Å². The molecule has 0 spiro atoms. The van der Waals surface area contributed by atoms with E-state index in [0.717, 1.165) is 5.56 Å². The molecule has 0 aliphatic carbocycles. The van der Waals surface area contributed by atoms with Crippen molar-refractivity contribution < 1.29 is 4.39 Å². The van der Waals surface area contributed by atoms with Crippen LogP contribution in [0.4, 0.5) is 4.39 Å². The summed E-state index contributed by atoms with van der Waals surface area (Å²) < 4.78 is 13.5. The van der Waals surface area contributed by atoms with Gasteiger partial charge < -0.3 is 5.32 Å². The SMILES string of the molecule is Fc1cccc(Cl)c1/C=N\NC(=S)NCc1ccccc1. The summed E-state index contributed by atoms with van der Waals surface area (Å²) in [7, 11) is 0. The van der Waals surface area contributed by atoms with Gasteiger partial charge in [-0.25, -0.2) is 4.39 Å². The predicted molar refractivity (Wildman–Crippen MR) is 88.0 cm³/mol. The van der Waals surface area contributed by atoms with Gasteiger partial charge >= 0.3 is 0 Å². The Kier molecular flexibility index (Phi) is 5.66. The van der Waals surface area contributed by atoms with E-state index in [1.165, 1.54) is 18.3 Å². The van der Waals surface area contributed by atoms with Crippen LogP contribution in [0.15, 0.2) is 53.6 Å². The van der Waals surface area contributed by atoms with Gasteiger partial charge in [0.2, 0.25) is 0 Å². The third kappa shape index (κ3) is 4.81. The average molecular weight is 322 g/mol. The first-order valence-corrected chi connectivity index (χ1v) is 7.00. The van der Waals surface area contributed by atoms with Gasteiger partial charge in [-0.15, -0.1) is 0 Å². The Morgan fingerprint density at radius 3 is 2.67 bits per heavy atom. The van der Waals surface area contributed by atoms with Crippen molar-refractivity contribution >= 4 is 35.1 Å². The van der Waals surface area contributed by atoms with Crippen molar-refractivity contribution in [2.24, 2.45) is 5.10 Å². The molecule has 108 valence electrons. The standard InChI is InChI=1S/C15H13ClFN3S/c16-13-7-4-8-14(17)12(13)10-19-20-15(21)18-9-11-5-2-1-3-6-11/h1-8,10H,9H2,(H2,18,20,21)/b19-10-. The number of rotatable bonds is 4. The van der Waals surface area contributed by atoms with Gasteiger partial charge in [0.05, 0.1) is 11.2 Å². The summed E-state index contributed by atoms with van der Waals surface area (Å²) in [4.78, 5) is 0. The van der Waals surface area contributed by atoms with E-state index in [1.807, 2.05) is 30.3 Å². The summed E-state index contributed by atoms with van der Waals surface area (Å²) in [5, 5.41) is 7.51. The molecule has 0 radical (unpaired) electrons. The summed E-state index contributed by atoms with van der Waals surface area (Å²) in [6.07, 6.45) is 1.30. The fourth-order valence-electron chi connectivity index (χ4n) is 1.61. The van der Waals surface area contributed by atoms with Gasteiger partial charge in [0.25, 0.3) is 0 Å². The molecule has 0 bridgehead atoms. The largest absolute Gasteiger partial charge is 0.357 e. The van der Waals surface area contributed by atoms with E-state index in [2.05, 4.69) is 15.8 Å². The van der Waals surface area contributed by atoms with Crippen LogP contribution >= 0.6 is 23.8 Å². The van der Waals surface area contributed by atoms with Gasteiger partial charge in [-0.05, 0) is 29.9 Å². The Labute approximate surface area is 132 Å². The smallest absolute Gasteiger partial charge is 0.187 e. The van der Waals surface area contributed by atoms with Crippen LogP contribution in [0.25, 0.3) is 0 Å². The molecule has 3 nitrogen and oxygen atoms in total. The highest BCUT2D eigenvalue weighted by Crippen LogP contribution is 2.16. The Morgan fingerprint density at radius 2 is 1.95 bits per heavy atom. The predicted octanol–water partition coefficient (Wildman–Crippen LogP) is 3.48. The average Bonchev–Trinajstić information content (AvgIpc) is 2.49. The van der Waals surface area contributed by atoms with Crippen molar-refractivity contribution in [1.82, 2.24) is 10.7 Å². The minimum atomic E-state index is -0.434. The molecule has 2 aromatic carbocycles. The maximum atomic E-state index is 13.5. The Bertz CT molecular complexity index is 626. The fraction of sp³-hybridized carbons (Fsp3) is 0.0667. The first-order valence-electron chi connectivity index (χ1n) is 6.21. The number of hydrogen-bond donors (Lipinski definition) is 2. The van der Waals surface area contributed by atoms with Crippen LogP contribution < -0.4 is 10.7 Å². The lowest BCUT2D eigenvalue weighted by Crippen LogP contribution is -2.31. The summed E-state index contributed by atoms with van der Waals surface area (Å²) in [5.74, 6) is -0.434. The highest BCUT2D eigenvalue weighted by Gasteiger charge is 2.03. The number of hydrazone groups is 1. The number of benzene rings is 2. The maximum absolute atomic E-state index is 13.5. The van der Waals surface area contributed by atoms with Crippen LogP contribution in [0.3, 0.4) is 0 Å². The zero-order chi connectivity index (χ0) is 15.1. The van der Waals surface area contributed by atoms with Crippen molar-refractivity contribution in [3.05, 3.63) is 70.5 Å². The molecule has 0 aromatic heterocycles. The molecular formula is C15H13ClFN3S. The van der Waals surface area contributed by atoms with Crippen LogP contribution in [-0.4, -0.2) is 11.3 Å². The van der Waals surface area contributed by atoms with E-state index >= 15 is 0 Å². The van der Waals surface area contributed by atoms with Gasteiger partial charge in [-0.3, -0.25) is 5.43 Å². The van der Waals surface area contributed by atoms with Crippen LogP contribution in [-0.2, 0) is 6.54 Å². The van der Waals surface area contributed by atoms with Crippen molar-refractivity contribution in [3.8, 4) is 0 Å². The van der Waals surface area contributed by atoms with Crippen molar-refractivity contribution in [3.63, 3.8) is 0 Å². The zero-order valence-electron chi connectivity index (χ0n) is 11.0. The molecule has 0 saturated heterocycles. The highest BCUT2D eigenvalue weighted by atomic mass is 35.5. The van der Waals surface area contributed by atoms with E-state index < -0.39 is 5.82 Å². The molecule has 2 rings (SSSR count). The summed E-state index contributed by atoms with van der Waals surface area (Å²) in [6.45, 7) is 0.586. The van der Waals surface area contributed by atoms with Crippen molar-refractivity contribution in [1.29, 1.82) is 0 Å². The van der Waals surface area contributed by atoms with E-state index in [4.69, 9.17) is 23.8 Å². The third-order valence-corrected chi connectivity index (χ3v) is 3.22. The lowest BCUT2D eigenvalue weighted by Gasteiger charge is -2.07. The lowest BCUT2D eigenvalue weighted by molar-refractivity contribution is 0.626. The highest BCUT2D eigenvalue weighted by molar-refractivity contribution is 7.80. The quantitative estimate of drug-likeness (QED) is 0.514. The van der Waals surface area contributed by atoms with Gasteiger partial charge in [0, 0.05) is 12.1 Å². The molecule has 6 heteroatoms. The second kappa shape index (κ2) is 7.71. The molecule has 0 aliphatic rings. The summed E-state index contributed by atoms with van der Waals surface area (Å²) in [6, 6.07) is 14.3. The third-order valence-electron chi connectivity index (χ3n) is 2.66. The molecule has 21 heavy (non-hydrogen) atoms. The van der Waals surface area contributed by atoms with Crippen LogP contribution in [0, 0.1) is 5.82 Å². The van der Waals surface area contributed by atoms with E-state index in [1.54, 1.807) is 6.07 Å². The first kappa shape index (κ1) is 15.4. The molecule has 2 aromatic rings. The Hall–Kier alpha value is -1.98. The minimum Gasteiger partial charge on any atom is -0.357 e. The Morgan fingerprint density at radius 1 is 1.19 bits per heavy atom. The van der Waals surface area contributed by atoms with Crippen molar-refractivity contribution in [2.45, 2.75) is 6.54 Å². The molecule has 0 saturated carbocycles. The van der Waals surface area contributed by atoms with Crippen LogP contribution in [0.5, 0.6) is 0 Å². The van der Waals surface area contributed by atoms with Gasteiger partial charge in [-0.1, -0.05) is 48.0 Å². The number of hydrogen-bond acceptors (Lipinski definition) is 2. The number of thiocarbonyl (C=S) groups is 1. The van der Waals surface area contributed by atoms with Gasteiger partial charge in [0.15, 0.2) is 5.11 Å². The molecule has 0 fully saturated rings. The molecule has 0 amide bonds. The number of halogens is 2. The summed E-state index contributed by atoms with van der Waals surface area (Å²) in [5.41, 5.74) is 3.94. The molecule has 2 N–H and O–H groups in total. The molecule has 0 unspecified atom stereocenters. The van der Waals surface area contributed by atoms with Crippen molar-refractivity contribution in [2.75, 3.05) is 0 Å². The molecule has 0 atom stereocenters. The van der Waals surface area contributed by atoms with E-state index in [9.17, 15) is 4.39 Å². The normalized spacial score (nSPS) is 10.6. The first-order chi connectivity index (χ1) is 10.2. The van der Waals surface area contributed by atoms with E-state index in [0.29, 0.717) is 16.7 Å². The second-order valence-corrected chi connectivity index (χ2v) is 4.99. The number of nitrogens with one attached hydrogen (secondary N) is 2. The maximum Gasteiger partial charge on any atom is 0.187 e. The minimum absolute atomic E-state index is 0.220. The lowest BCUT2D eigenvalue weighted by atomic mass is 10.2. The molecule has 0 aliphatic heterocycles. The monoisotopic (exact) mass is 321 g/mol. The topological polar surface area (TPSA) is 36.4 Å². The van der Waals surface area contributed by atoms with Crippen LogP contribution in [0.2, 0.25) is 5.02 Å².